The Morgan fingerprint density at radius 2 is 1.60 bits per heavy atom. The number of rotatable bonds is 5. The van der Waals surface area contributed by atoms with Crippen LogP contribution in [0.15, 0.2) is 0 Å². The number of urea groups is 1. The summed E-state index contributed by atoms with van der Waals surface area (Å²) in [5.41, 5.74) is 0. The first-order chi connectivity index (χ1) is 6.95. The number of hydrogen-bond acceptors (Lipinski definition) is 3. The van der Waals surface area contributed by atoms with Crippen molar-refractivity contribution in [3.8, 4) is 0 Å². The lowest BCUT2D eigenvalue weighted by molar-refractivity contribution is -0.127. The Labute approximate surface area is 90.6 Å². The minimum absolute atomic E-state index is 0.0222. The van der Waals surface area contributed by atoms with Gasteiger partial charge in [-0.25, -0.2) is 4.79 Å². The van der Waals surface area contributed by atoms with Crippen LogP contribution >= 0.6 is 0 Å². The van der Waals surface area contributed by atoms with E-state index in [9.17, 15) is 9.59 Å². The predicted octanol–water partition coefficient (Wildman–Crippen LogP) is -1.06. The van der Waals surface area contributed by atoms with Crippen molar-refractivity contribution < 1.29 is 9.59 Å². The molecular formula is C9H20N4O2. The molecule has 0 heterocycles. The maximum atomic E-state index is 11.1. The molecular weight excluding hydrogens is 196 g/mol. The largest absolute Gasteiger partial charge is 0.348 e. The van der Waals surface area contributed by atoms with E-state index in [1.807, 2.05) is 0 Å². The quantitative estimate of drug-likeness (QED) is 0.575. The second-order valence-corrected chi connectivity index (χ2v) is 3.59. The van der Waals surface area contributed by atoms with E-state index in [-0.39, 0.29) is 11.9 Å². The van der Waals surface area contributed by atoms with Gasteiger partial charge in [0.05, 0.1) is 6.54 Å². The van der Waals surface area contributed by atoms with Crippen molar-refractivity contribution in [1.29, 1.82) is 0 Å². The van der Waals surface area contributed by atoms with E-state index in [0.29, 0.717) is 19.6 Å². The molecule has 0 aliphatic heterocycles. The molecule has 3 amide bonds. The molecule has 0 aromatic rings. The first-order valence-corrected chi connectivity index (χ1v) is 4.81. The first-order valence-electron chi connectivity index (χ1n) is 4.81. The second kappa shape index (κ2) is 7.05. The average Bonchev–Trinajstić information content (AvgIpc) is 2.16. The van der Waals surface area contributed by atoms with Crippen LogP contribution in [0.25, 0.3) is 0 Å². The fraction of sp³-hybridized carbons (Fsp3) is 0.778. The molecule has 0 saturated heterocycles. The van der Waals surface area contributed by atoms with Gasteiger partial charge in [0, 0.05) is 41.3 Å². The fourth-order valence-corrected chi connectivity index (χ4v) is 0.769. The second-order valence-electron chi connectivity index (χ2n) is 3.59. The van der Waals surface area contributed by atoms with Crippen LogP contribution in [-0.4, -0.2) is 69.6 Å². The molecule has 0 aromatic heterocycles. The molecule has 6 heteroatoms. The van der Waals surface area contributed by atoms with Gasteiger partial charge in [-0.05, 0) is 0 Å². The third-order valence-electron chi connectivity index (χ3n) is 1.76. The van der Waals surface area contributed by atoms with Gasteiger partial charge in [0.2, 0.25) is 5.91 Å². The zero-order valence-corrected chi connectivity index (χ0v) is 9.83. The standard InChI is InChI=1S/C9H20N4O2/c1-12(2)8(14)7-10-5-6-11-9(15)13(3)4/h10H,5-7H2,1-4H3,(H,11,15). The van der Waals surface area contributed by atoms with E-state index in [1.54, 1.807) is 28.2 Å². The number of carbonyl (C=O) groups is 2. The van der Waals surface area contributed by atoms with Crippen molar-refractivity contribution in [3.05, 3.63) is 0 Å². The van der Waals surface area contributed by atoms with E-state index in [2.05, 4.69) is 10.6 Å². The summed E-state index contributed by atoms with van der Waals surface area (Å²) in [6, 6.07) is -0.129. The molecule has 0 rings (SSSR count). The molecule has 0 unspecified atom stereocenters. The summed E-state index contributed by atoms with van der Waals surface area (Å²) in [6.07, 6.45) is 0. The molecule has 0 bridgehead atoms. The number of hydrogen-bond donors (Lipinski definition) is 2. The van der Waals surface area contributed by atoms with Crippen LogP contribution in [-0.2, 0) is 4.79 Å². The van der Waals surface area contributed by atoms with Crippen molar-refractivity contribution in [3.63, 3.8) is 0 Å². The van der Waals surface area contributed by atoms with Gasteiger partial charge in [0.15, 0.2) is 0 Å². The summed E-state index contributed by atoms with van der Waals surface area (Å²) in [5, 5.41) is 5.62. The van der Waals surface area contributed by atoms with Gasteiger partial charge in [-0.1, -0.05) is 0 Å². The van der Waals surface area contributed by atoms with Gasteiger partial charge in [-0.2, -0.15) is 0 Å². The lowest BCUT2D eigenvalue weighted by Gasteiger charge is -2.13. The molecule has 0 aliphatic carbocycles. The highest BCUT2D eigenvalue weighted by molar-refractivity contribution is 5.77. The Hall–Kier alpha value is -1.30. The molecule has 15 heavy (non-hydrogen) atoms. The van der Waals surface area contributed by atoms with Gasteiger partial charge < -0.3 is 20.4 Å². The number of carbonyl (C=O) groups excluding carboxylic acids is 2. The number of nitrogens with one attached hydrogen (secondary N) is 2. The first kappa shape index (κ1) is 13.7. The van der Waals surface area contributed by atoms with Crippen LogP contribution in [0.3, 0.4) is 0 Å². The summed E-state index contributed by atoms with van der Waals surface area (Å²) in [6.45, 7) is 1.39. The van der Waals surface area contributed by atoms with Crippen LogP contribution in [0.5, 0.6) is 0 Å². The summed E-state index contributed by atoms with van der Waals surface area (Å²) >= 11 is 0. The van der Waals surface area contributed by atoms with Gasteiger partial charge >= 0.3 is 6.03 Å². The number of likely N-dealkylation sites (N-methyl/N-ethyl adjacent to an activating group) is 1. The highest BCUT2D eigenvalue weighted by Gasteiger charge is 2.03. The summed E-state index contributed by atoms with van der Waals surface area (Å²) in [5.74, 6) is 0.0222. The Morgan fingerprint density at radius 3 is 2.07 bits per heavy atom. The Balaban J connectivity index is 3.40. The third-order valence-corrected chi connectivity index (χ3v) is 1.76. The molecule has 88 valence electrons. The smallest absolute Gasteiger partial charge is 0.316 e. The third kappa shape index (κ3) is 6.73. The van der Waals surface area contributed by atoms with Crippen molar-refractivity contribution in [2.24, 2.45) is 0 Å². The topological polar surface area (TPSA) is 64.7 Å². The zero-order chi connectivity index (χ0) is 11.8. The van der Waals surface area contributed by atoms with E-state index in [0.717, 1.165) is 0 Å². The van der Waals surface area contributed by atoms with E-state index in [4.69, 9.17) is 0 Å². The van der Waals surface area contributed by atoms with Gasteiger partial charge in [-0.3, -0.25) is 4.79 Å². The van der Waals surface area contributed by atoms with Gasteiger partial charge in [-0.15, -0.1) is 0 Å². The van der Waals surface area contributed by atoms with Crippen LogP contribution in [0.2, 0.25) is 0 Å². The number of nitrogens with zero attached hydrogens (tertiary/aromatic N) is 2. The SMILES string of the molecule is CN(C)C(=O)CNCCNC(=O)N(C)C. The summed E-state index contributed by atoms with van der Waals surface area (Å²) in [7, 11) is 6.77. The Bertz CT molecular complexity index is 194. The Kier molecular flexibility index (Phi) is 6.44. The average molecular weight is 216 g/mol. The van der Waals surface area contributed by atoms with Crippen molar-refractivity contribution in [2.45, 2.75) is 0 Å². The van der Waals surface area contributed by atoms with Crippen LogP contribution in [0.1, 0.15) is 0 Å². The van der Waals surface area contributed by atoms with Crippen LogP contribution < -0.4 is 10.6 Å². The normalized spacial score (nSPS) is 9.60. The monoisotopic (exact) mass is 216 g/mol. The van der Waals surface area contributed by atoms with Crippen molar-refractivity contribution in [2.75, 3.05) is 47.8 Å². The predicted molar refractivity (Wildman–Crippen MR) is 58.6 cm³/mol. The minimum Gasteiger partial charge on any atom is -0.348 e. The van der Waals surface area contributed by atoms with Crippen molar-refractivity contribution in [1.82, 2.24) is 20.4 Å². The molecule has 0 fully saturated rings. The fourth-order valence-electron chi connectivity index (χ4n) is 0.769. The molecule has 0 saturated carbocycles. The minimum atomic E-state index is -0.129. The molecule has 0 radical (unpaired) electrons. The van der Waals surface area contributed by atoms with Crippen LogP contribution in [0.4, 0.5) is 4.79 Å². The maximum Gasteiger partial charge on any atom is 0.316 e. The molecule has 0 atom stereocenters. The number of amides is 3. The van der Waals surface area contributed by atoms with Gasteiger partial charge in [0.25, 0.3) is 0 Å². The maximum absolute atomic E-state index is 11.1. The van der Waals surface area contributed by atoms with Crippen molar-refractivity contribution >= 4 is 11.9 Å². The summed E-state index contributed by atoms with van der Waals surface area (Å²) < 4.78 is 0. The zero-order valence-electron chi connectivity index (χ0n) is 9.83. The lowest BCUT2D eigenvalue weighted by Crippen LogP contribution is -2.40. The van der Waals surface area contributed by atoms with Gasteiger partial charge in [0.1, 0.15) is 0 Å². The molecule has 0 spiro atoms. The molecule has 0 aromatic carbocycles. The summed E-state index contributed by atoms with van der Waals surface area (Å²) in [4.78, 5) is 25.2. The van der Waals surface area contributed by atoms with E-state index >= 15 is 0 Å². The molecule has 6 nitrogen and oxygen atoms in total. The highest BCUT2D eigenvalue weighted by atomic mass is 16.2. The van der Waals surface area contributed by atoms with E-state index in [1.165, 1.54) is 9.80 Å². The highest BCUT2D eigenvalue weighted by Crippen LogP contribution is 1.76. The van der Waals surface area contributed by atoms with E-state index < -0.39 is 0 Å². The van der Waals surface area contributed by atoms with Crippen LogP contribution in [0, 0.1) is 0 Å². The lowest BCUT2D eigenvalue weighted by atomic mass is 10.5. The molecule has 2 N–H and O–H groups in total. The Morgan fingerprint density at radius 1 is 1.00 bits per heavy atom. The molecule has 0 aliphatic rings.